The number of carbonyl (C=O) groups is 2. The van der Waals surface area contributed by atoms with E-state index in [9.17, 15) is 26.8 Å². The lowest BCUT2D eigenvalue weighted by atomic mass is 10.1. The number of hydrogen-bond donors (Lipinski definition) is 2. The van der Waals surface area contributed by atoms with E-state index in [4.69, 9.17) is 0 Å². The SMILES string of the molecule is CC[C@H](C)NC(=O)c1ccccc1NC(=O)CCCN(c1ccc(F)c(F)c1)S(C)(=O)=O. The Hall–Kier alpha value is -3.01. The summed E-state index contributed by atoms with van der Waals surface area (Å²) < 4.78 is 51.8. The minimum absolute atomic E-state index is 0.0236. The summed E-state index contributed by atoms with van der Waals surface area (Å²) in [7, 11) is -3.78. The second-order valence-corrected chi connectivity index (χ2v) is 9.32. The van der Waals surface area contributed by atoms with Gasteiger partial charge in [-0.15, -0.1) is 0 Å². The minimum atomic E-state index is -3.78. The molecule has 1 atom stereocenters. The monoisotopic (exact) mass is 467 g/mol. The summed E-state index contributed by atoms with van der Waals surface area (Å²) in [5.41, 5.74) is 0.637. The van der Waals surface area contributed by atoms with E-state index >= 15 is 0 Å². The average molecular weight is 468 g/mol. The summed E-state index contributed by atoms with van der Waals surface area (Å²) in [6.45, 7) is 3.71. The number of nitrogens with zero attached hydrogens (tertiary/aromatic N) is 1. The summed E-state index contributed by atoms with van der Waals surface area (Å²) in [6, 6.07) is 9.35. The third-order valence-corrected chi connectivity index (χ3v) is 5.99. The lowest BCUT2D eigenvalue weighted by Crippen LogP contribution is -2.33. The zero-order chi connectivity index (χ0) is 23.9. The molecule has 2 aromatic carbocycles. The number of rotatable bonds is 10. The molecule has 0 aromatic heterocycles. The molecule has 0 bridgehead atoms. The average Bonchev–Trinajstić information content (AvgIpc) is 2.72. The van der Waals surface area contributed by atoms with E-state index in [1.807, 2.05) is 13.8 Å². The van der Waals surface area contributed by atoms with Gasteiger partial charge in [0.05, 0.1) is 23.2 Å². The number of benzene rings is 2. The quantitative estimate of drug-likeness (QED) is 0.557. The van der Waals surface area contributed by atoms with Crippen molar-refractivity contribution in [2.75, 3.05) is 22.4 Å². The number of carbonyl (C=O) groups excluding carboxylic acids is 2. The molecule has 174 valence electrons. The summed E-state index contributed by atoms with van der Waals surface area (Å²) >= 11 is 0. The zero-order valence-corrected chi connectivity index (χ0v) is 19.0. The van der Waals surface area contributed by atoms with Gasteiger partial charge in [0.25, 0.3) is 5.91 Å². The molecule has 10 heteroatoms. The smallest absolute Gasteiger partial charge is 0.253 e. The largest absolute Gasteiger partial charge is 0.350 e. The Kier molecular flexibility index (Phi) is 8.71. The normalized spacial score (nSPS) is 12.2. The van der Waals surface area contributed by atoms with Crippen molar-refractivity contribution in [3.05, 3.63) is 59.7 Å². The van der Waals surface area contributed by atoms with E-state index in [0.717, 1.165) is 35.2 Å². The molecule has 0 saturated heterocycles. The molecular formula is C22H27F2N3O4S. The third kappa shape index (κ3) is 7.01. The molecule has 0 aliphatic heterocycles. The van der Waals surface area contributed by atoms with Crippen LogP contribution in [0, 0.1) is 11.6 Å². The van der Waals surface area contributed by atoms with Crippen LogP contribution in [0.4, 0.5) is 20.2 Å². The van der Waals surface area contributed by atoms with Crippen molar-refractivity contribution >= 4 is 33.2 Å². The lowest BCUT2D eigenvalue weighted by Gasteiger charge is -2.22. The Morgan fingerprint density at radius 2 is 1.78 bits per heavy atom. The third-order valence-electron chi connectivity index (χ3n) is 4.79. The van der Waals surface area contributed by atoms with Gasteiger partial charge in [0.1, 0.15) is 0 Å². The molecule has 0 spiro atoms. The van der Waals surface area contributed by atoms with Crippen LogP contribution in [0.15, 0.2) is 42.5 Å². The first kappa shape index (κ1) is 25.3. The molecular weight excluding hydrogens is 440 g/mol. The van der Waals surface area contributed by atoms with Gasteiger partial charge in [0.15, 0.2) is 11.6 Å². The van der Waals surface area contributed by atoms with Crippen LogP contribution in [0.25, 0.3) is 0 Å². The van der Waals surface area contributed by atoms with Crippen LogP contribution in [0.2, 0.25) is 0 Å². The van der Waals surface area contributed by atoms with Gasteiger partial charge in [0.2, 0.25) is 15.9 Å². The summed E-state index contributed by atoms with van der Waals surface area (Å²) in [4.78, 5) is 24.9. The fourth-order valence-electron chi connectivity index (χ4n) is 2.92. The highest BCUT2D eigenvalue weighted by Gasteiger charge is 2.20. The van der Waals surface area contributed by atoms with E-state index in [2.05, 4.69) is 10.6 Å². The molecule has 32 heavy (non-hydrogen) atoms. The highest BCUT2D eigenvalue weighted by atomic mass is 32.2. The Balaban J connectivity index is 2.03. The number of para-hydroxylation sites is 1. The topological polar surface area (TPSA) is 95.6 Å². The molecule has 0 radical (unpaired) electrons. The molecule has 2 rings (SSSR count). The number of halogens is 2. The van der Waals surface area contributed by atoms with Crippen molar-refractivity contribution in [2.24, 2.45) is 0 Å². The van der Waals surface area contributed by atoms with Crippen molar-refractivity contribution in [1.82, 2.24) is 5.32 Å². The standard InChI is InChI=1S/C22H27F2N3O4S/c1-4-15(2)25-22(29)17-8-5-6-9-20(17)26-21(28)10-7-13-27(32(3,30)31)16-11-12-18(23)19(24)14-16/h5-6,8-9,11-12,14-15H,4,7,10,13H2,1-3H3,(H,25,29)(H,26,28)/t15-/m0/s1. The molecule has 7 nitrogen and oxygen atoms in total. The van der Waals surface area contributed by atoms with Crippen LogP contribution in [-0.2, 0) is 14.8 Å². The highest BCUT2D eigenvalue weighted by Crippen LogP contribution is 2.21. The van der Waals surface area contributed by atoms with Gasteiger partial charge in [-0.1, -0.05) is 19.1 Å². The van der Waals surface area contributed by atoms with Crippen LogP contribution in [0.5, 0.6) is 0 Å². The number of sulfonamides is 1. The Morgan fingerprint density at radius 3 is 2.41 bits per heavy atom. The Bertz CT molecular complexity index is 1080. The first-order chi connectivity index (χ1) is 15.0. The molecule has 2 aromatic rings. The Labute approximate surface area is 186 Å². The van der Waals surface area contributed by atoms with Gasteiger partial charge in [-0.05, 0) is 44.0 Å². The van der Waals surface area contributed by atoms with Gasteiger partial charge in [-0.3, -0.25) is 13.9 Å². The van der Waals surface area contributed by atoms with Crippen molar-refractivity contribution < 1.29 is 26.8 Å². The van der Waals surface area contributed by atoms with Gasteiger partial charge in [-0.25, -0.2) is 17.2 Å². The van der Waals surface area contributed by atoms with E-state index in [0.29, 0.717) is 11.3 Å². The van der Waals surface area contributed by atoms with Gasteiger partial charge in [0, 0.05) is 25.1 Å². The van der Waals surface area contributed by atoms with Gasteiger partial charge >= 0.3 is 0 Å². The maximum atomic E-state index is 13.5. The first-order valence-electron chi connectivity index (χ1n) is 10.2. The molecule has 0 aliphatic rings. The minimum Gasteiger partial charge on any atom is -0.350 e. The molecule has 0 heterocycles. The van der Waals surface area contributed by atoms with E-state index in [1.54, 1.807) is 24.3 Å². The zero-order valence-electron chi connectivity index (χ0n) is 18.2. The van der Waals surface area contributed by atoms with Crippen molar-refractivity contribution in [3.63, 3.8) is 0 Å². The molecule has 0 unspecified atom stereocenters. The number of hydrogen-bond acceptors (Lipinski definition) is 4. The van der Waals surface area contributed by atoms with Gasteiger partial charge in [-0.2, -0.15) is 0 Å². The maximum absolute atomic E-state index is 13.5. The number of anilines is 2. The van der Waals surface area contributed by atoms with Crippen molar-refractivity contribution in [3.8, 4) is 0 Å². The van der Waals surface area contributed by atoms with Crippen molar-refractivity contribution in [1.29, 1.82) is 0 Å². The molecule has 2 N–H and O–H groups in total. The highest BCUT2D eigenvalue weighted by molar-refractivity contribution is 7.92. The lowest BCUT2D eigenvalue weighted by molar-refractivity contribution is -0.116. The predicted octanol–water partition coefficient (Wildman–Crippen LogP) is 3.68. The van der Waals surface area contributed by atoms with Crippen LogP contribution in [-0.4, -0.2) is 39.1 Å². The maximum Gasteiger partial charge on any atom is 0.253 e. The molecule has 0 saturated carbocycles. The second kappa shape index (κ2) is 11.0. The summed E-state index contributed by atoms with van der Waals surface area (Å²) in [5.74, 6) is -2.97. The first-order valence-corrected chi connectivity index (χ1v) is 12.0. The van der Waals surface area contributed by atoms with Crippen molar-refractivity contribution in [2.45, 2.75) is 39.2 Å². The van der Waals surface area contributed by atoms with E-state index < -0.39 is 27.6 Å². The molecule has 0 fully saturated rings. The number of amides is 2. The van der Waals surface area contributed by atoms with Crippen LogP contribution < -0.4 is 14.9 Å². The number of nitrogens with one attached hydrogen (secondary N) is 2. The van der Waals surface area contributed by atoms with Crippen LogP contribution in [0.3, 0.4) is 0 Å². The summed E-state index contributed by atoms with van der Waals surface area (Å²) in [6.07, 6.45) is 1.78. The second-order valence-electron chi connectivity index (χ2n) is 7.41. The fourth-order valence-corrected chi connectivity index (χ4v) is 3.87. The van der Waals surface area contributed by atoms with E-state index in [-0.39, 0.29) is 37.0 Å². The summed E-state index contributed by atoms with van der Waals surface area (Å²) in [5, 5.41) is 5.51. The molecule has 0 aliphatic carbocycles. The van der Waals surface area contributed by atoms with E-state index in [1.165, 1.54) is 0 Å². The predicted molar refractivity (Wildman–Crippen MR) is 120 cm³/mol. The Morgan fingerprint density at radius 1 is 1.09 bits per heavy atom. The van der Waals surface area contributed by atoms with Gasteiger partial charge < -0.3 is 10.6 Å². The fraction of sp³-hybridized carbons (Fsp3) is 0.364. The van der Waals surface area contributed by atoms with Crippen LogP contribution in [0.1, 0.15) is 43.5 Å². The molecule has 2 amide bonds. The van der Waals surface area contributed by atoms with Crippen LogP contribution >= 0.6 is 0 Å².